The topological polar surface area (TPSA) is 94.6 Å². The molecule has 1 unspecified atom stereocenters. The molecule has 0 saturated heterocycles. The van der Waals surface area contributed by atoms with Crippen LogP contribution in [0.15, 0.2) is 66.1 Å². The van der Waals surface area contributed by atoms with Crippen LogP contribution in [-0.4, -0.2) is 12.6 Å². The SMILES string of the molecule is Cc1cc(OCC(=O)Oc2ccc3c(c2)OC(N)=C(C#N)C3c2cccc(Cl)c2)cc(C)c1Cl. The van der Waals surface area contributed by atoms with E-state index in [9.17, 15) is 10.1 Å². The van der Waals surface area contributed by atoms with Crippen LogP contribution in [0.2, 0.25) is 10.0 Å². The number of esters is 1. The van der Waals surface area contributed by atoms with E-state index in [1.807, 2.05) is 19.9 Å². The summed E-state index contributed by atoms with van der Waals surface area (Å²) < 4.78 is 16.7. The molecular formula is C26H20Cl2N2O4. The number of hydrogen-bond acceptors (Lipinski definition) is 6. The molecule has 3 aromatic rings. The highest BCUT2D eigenvalue weighted by Crippen LogP contribution is 2.43. The highest BCUT2D eigenvalue weighted by molar-refractivity contribution is 6.32. The third kappa shape index (κ3) is 4.81. The average Bonchev–Trinajstić information content (AvgIpc) is 2.80. The van der Waals surface area contributed by atoms with E-state index in [-0.39, 0.29) is 23.8 Å². The molecule has 1 heterocycles. The van der Waals surface area contributed by atoms with E-state index in [4.69, 9.17) is 43.1 Å². The number of benzene rings is 3. The molecule has 0 aliphatic carbocycles. The maximum Gasteiger partial charge on any atom is 0.349 e. The Morgan fingerprint density at radius 1 is 1.09 bits per heavy atom. The normalized spacial score (nSPS) is 14.6. The molecule has 0 radical (unpaired) electrons. The minimum absolute atomic E-state index is 0.0136. The van der Waals surface area contributed by atoms with Crippen molar-refractivity contribution >= 4 is 29.2 Å². The minimum Gasteiger partial charge on any atom is -0.482 e. The first-order chi connectivity index (χ1) is 16.3. The van der Waals surface area contributed by atoms with Crippen LogP contribution < -0.4 is 19.9 Å². The molecule has 4 rings (SSSR count). The van der Waals surface area contributed by atoms with E-state index in [0.717, 1.165) is 16.7 Å². The number of ether oxygens (including phenoxy) is 3. The maximum absolute atomic E-state index is 12.4. The summed E-state index contributed by atoms with van der Waals surface area (Å²) in [5, 5.41) is 10.9. The van der Waals surface area contributed by atoms with Gasteiger partial charge in [-0.15, -0.1) is 0 Å². The Morgan fingerprint density at radius 3 is 2.50 bits per heavy atom. The summed E-state index contributed by atoms with van der Waals surface area (Å²) in [4.78, 5) is 12.4. The van der Waals surface area contributed by atoms with Crippen molar-refractivity contribution < 1.29 is 19.0 Å². The fourth-order valence-electron chi connectivity index (χ4n) is 3.82. The number of nitrogens with two attached hydrogens (primary N) is 1. The first-order valence-corrected chi connectivity index (χ1v) is 11.1. The maximum atomic E-state index is 12.4. The Hall–Kier alpha value is -3.66. The first kappa shape index (κ1) is 23.5. The largest absolute Gasteiger partial charge is 0.482 e. The monoisotopic (exact) mass is 494 g/mol. The third-order valence-corrected chi connectivity index (χ3v) is 6.20. The van der Waals surface area contributed by atoms with E-state index < -0.39 is 11.9 Å². The molecule has 2 N–H and O–H groups in total. The fraction of sp³-hybridized carbons (Fsp3) is 0.154. The third-order valence-electron chi connectivity index (χ3n) is 5.37. The molecule has 34 heavy (non-hydrogen) atoms. The van der Waals surface area contributed by atoms with Crippen LogP contribution in [0, 0.1) is 25.2 Å². The van der Waals surface area contributed by atoms with Crippen molar-refractivity contribution in [3.05, 3.63) is 98.4 Å². The van der Waals surface area contributed by atoms with Gasteiger partial charge in [0.25, 0.3) is 0 Å². The molecule has 0 bridgehead atoms. The number of nitriles is 1. The molecular weight excluding hydrogens is 475 g/mol. The van der Waals surface area contributed by atoms with Gasteiger partial charge in [-0.05, 0) is 60.9 Å². The Labute approximate surface area is 207 Å². The summed E-state index contributed by atoms with van der Waals surface area (Å²) in [6, 6.07) is 17.8. The van der Waals surface area contributed by atoms with Gasteiger partial charge >= 0.3 is 5.97 Å². The number of carbonyl (C=O) groups is 1. The Balaban J connectivity index is 1.53. The van der Waals surface area contributed by atoms with Crippen LogP contribution in [0.3, 0.4) is 0 Å². The zero-order valence-electron chi connectivity index (χ0n) is 18.4. The lowest BCUT2D eigenvalue weighted by molar-refractivity contribution is -0.136. The highest BCUT2D eigenvalue weighted by Gasteiger charge is 2.31. The fourth-order valence-corrected chi connectivity index (χ4v) is 4.13. The zero-order chi connectivity index (χ0) is 24.4. The van der Waals surface area contributed by atoms with Crippen molar-refractivity contribution in [3.63, 3.8) is 0 Å². The number of aryl methyl sites for hydroxylation is 2. The number of hydrogen-bond donors (Lipinski definition) is 1. The van der Waals surface area contributed by atoms with Gasteiger partial charge in [0.15, 0.2) is 6.61 Å². The van der Waals surface area contributed by atoms with Gasteiger partial charge in [-0.1, -0.05) is 41.4 Å². The summed E-state index contributed by atoms with van der Waals surface area (Å²) in [6.45, 7) is 3.44. The van der Waals surface area contributed by atoms with Gasteiger partial charge in [-0.25, -0.2) is 4.79 Å². The number of allylic oxidation sites excluding steroid dienone is 1. The van der Waals surface area contributed by atoms with Crippen LogP contribution in [0.25, 0.3) is 0 Å². The molecule has 6 nitrogen and oxygen atoms in total. The molecule has 0 spiro atoms. The van der Waals surface area contributed by atoms with Gasteiger partial charge < -0.3 is 19.9 Å². The number of rotatable bonds is 5. The lowest BCUT2D eigenvalue weighted by atomic mass is 9.83. The van der Waals surface area contributed by atoms with Gasteiger partial charge in [0.1, 0.15) is 28.9 Å². The second-order valence-corrected chi connectivity index (χ2v) is 8.63. The standard InChI is InChI=1S/C26H20Cl2N2O4/c1-14-8-19(9-15(2)25(14)28)32-13-23(31)33-18-6-7-20-22(11-18)34-26(30)21(12-29)24(20)16-4-3-5-17(27)10-16/h3-11,24H,13,30H2,1-2H3. The van der Waals surface area contributed by atoms with Crippen LogP contribution in [0.5, 0.6) is 17.2 Å². The Kier molecular flexibility index (Phi) is 6.69. The van der Waals surface area contributed by atoms with Crippen molar-refractivity contribution in [2.24, 2.45) is 5.73 Å². The second-order valence-electron chi connectivity index (χ2n) is 7.81. The van der Waals surface area contributed by atoms with Crippen LogP contribution in [-0.2, 0) is 4.79 Å². The van der Waals surface area contributed by atoms with E-state index in [0.29, 0.717) is 27.1 Å². The van der Waals surface area contributed by atoms with Crippen LogP contribution in [0.1, 0.15) is 28.2 Å². The summed E-state index contributed by atoms with van der Waals surface area (Å²) in [7, 11) is 0. The van der Waals surface area contributed by atoms with Gasteiger partial charge in [0.05, 0.1) is 5.92 Å². The molecule has 3 aromatic carbocycles. The molecule has 0 saturated carbocycles. The Bertz CT molecular complexity index is 1340. The van der Waals surface area contributed by atoms with Crippen molar-refractivity contribution in [3.8, 4) is 23.3 Å². The summed E-state index contributed by atoms with van der Waals surface area (Å²) in [5.41, 5.74) is 9.52. The van der Waals surface area contributed by atoms with Crippen molar-refractivity contribution in [2.75, 3.05) is 6.61 Å². The average molecular weight is 495 g/mol. The molecule has 0 amide bonds. The van der Waals surface area contributed by atoms with Crippen molar-refractivity contribution in [1.29, 1.82) is 5.26 Å². The number of halogens is 2. The van der Waals surface area contributed by atoms with Gasteiger partial charge in [0.2, 0.25) is 5.88 Å². The van der Waals surface area contributed by atoms with Gasteiger partial charge in [-0.3, -0.25) is 0 Å². The number of carbonyl (C=O) groups excluding carboxylic acids is 1. The molecule has 8 heteroatoms. The molecule has 1 atom stereocenters. The quantitative estimate of drug-likeness (QED) is 0.355. The van der Waals surface area contributed by atoms with Crippen LogP contribution >= 0.6 is 23.2 Å². The van der Waals surface area contributed by atoms with E-state index in [2.05, 4.69) is 6.07 Å². The predicted octanol–water partition coefficient (Wildman–Crippen LogP) is 5.81. The molecule has 0 aromatic heterocycles. The molecule has 172 valence electrons. The lowest BCUT2D eigenvalue weighted by Crippen LogP contribution is -2.21. The molecule has 1 aliphatic rings. The minimum atomic E-state index is -0.589. The van der Waals surface area contributed by atoms with E-state index in [1.165, 1.54) is 0 Å². The van der Waals surface area contributed by atoms with E-state index >= 15 is 0 Å². The number of fused-ring (bicyclic) bond motifs is 1. The Morgan fingerprint density at radius 2 is 1.82 bits per heavy atom. The number of nitrogens with zero attached hydrogens (tertiary/aromatic N) is 1. The second kappa shape index (κ2) is 9.68. The van der Waals surface area contributed by atoms with Gasteiger partial charge in [0, 0.05) is 21.7 Å². The van der Waals surface area contributed by atoms with Gasteiger partial charge in [-0.2, -0.15) is 5.26 Å². The summed E-state index contributed by atoms with van der Waals surface area (Å²) in [6.07, 6.45) is 0. The van der Waals surface area contributed by atoms with Crippen molar-refractivity contribution in [2.45, 2.75) is 19.8 Å². The van der Waals surface area contributed by atoms with E-state index in [1.54, 1.807) is 48.5 Å². The highest BCUT2D eigenvalue weighted by atomic mass is 35.5. The summed E-state index contributed by atoms with van der Waals surface area (Å²) in [5.74, 6) is 0.104. The smallest absolute Gasteiger partial charge is 0.349 e. The van der Waals surface area contributed by atoms with Crippen molar-refractivity contribution in [1.82, 2.24) is 0 Å². The summed E-state index contributed by atoms with van der Waals surface area (Å²) >= 11 is 12.3. The molecule has 0 fully saturated rings. The lowest BCUT2D eigenvalue weighted by Gasteiger charge is -2.26. The zero-order valence-corrected chi connectivity index (χ0v) is 19.9. The first-order valence-electron chi connectivity index (χ1n) is 10.3. The molecule has 1 aliphatic heterocycles. The van der Waals surface area contributed by atoms with Crippen LogP contribution in [0.4, 0.5) is 0 Å². The predicted molar refractivity (Wildman–Crippen MR) is 129 cm³/mol.